The molecule has 0 unspecified atom stereocenters. The maximum absolute atomic E-state index is 11.0. The van der Waals surface area contributed by atoms with Crippen LogP contribution in [0.25, 0.3) is 33.5 Å². The molecule has 7 heteroatoms. The van der Waals surface area contributed by atoms with Crippen molar-refractivity contribution in [3.8, 4) is 11.5 Å². The first kappa shape index (κ1) is 18.2. The average Bonchev–Trinajstić information content (AvgIpc) is 3.28. The van der Waals surface area contributed by atoms with Gasteiger partial charge < -0.3 is 14.1 Å². The van der Waals surface area contributed by atoms with Gasteiger partial charge in [0.1, 0.15) is 5.52 Å². The molecule has 0 aliphatic carbocycles. The first-order valence-corrected chi connectivity index (χ1v) is 9.41. The number of aliphatic hydroxyl groups is 1. The molecule has 1 N–H and O–H groups in total. The van der Waals surface area contributed by atoms with Crippen LogP contribution in [0.15, 0.2) is 53.1 Å². The molecule has 0 fully saturated rings. The van der Waals surface area contributed by atoms with Gasteiger partial charge in [-0.1, -0.05) is 31.0 Å². The summed E-state index contributed by atoms with van der Waals surface area (Å²) in [6.07, 6.45) is 5.99. The highest BCUT2D eigenvalue weighted by atomic mass is 16.6. The minimum absolute atomic E-state index is 0.0134. The van der Waals surface area contributed by atoms with Crippen LogP contribution in [0.4, 0.5) is 5.69 Å². The molecule has 2 aromatic carbocycles. The molecule has 144 valence electrons. The Morgan fingerprint density at radius 3 is 2.75 bits per heavy atom. The van der Waals surface area contributed by atoms with Crippen LogP contribution in [0, 0.1) is 10.1 Å². The number of aromatic nitrogens is 2. The molecule has 0 saturated heterocycles. The second-order valence-corrected chi connectivity index (χ2v) is 6.82. The van der Waals surface area contributed by atoms with E-state index in [1.54, 1.807) is 6.07 Å². The Labute approximate surface area is 161 Å². The molecule has 0 bridgehead atoms. The predicted octanol–water partition coefficient (Wildman–Crippen LogP) is 4.91. The highest BCUT2D eigenvalue weighted by Gasteiger charge is 2.17. The molecule has 0 amide bonds. The van der Waals surface area contributed by atoms with Gasteiger partial charge in [0.15, 0.2) is 5.58 Å². The lowest BCUT2D eigenvalue weighted by molar-refractivity contribution is -0.384. The molecule has 0 aliphatic heterocycles. The number of nitro groups is 1. The van der Waals surface area contributed by atoms with Crippen LogP contribution in [0.5, 0.6) is 0 Å². The summed E-state index contributed by atoms with van der Waals surface area (Å²) in [7, 11) is 0. The predicted molar refractivity (Wildman–Crippen MR) is 107 cm³/mol. The van der Waals surface area contributed by atoms with Gasteiger partial charge in [0, 0.05) is 36.3 Å². The van der Waals surface area contributed by atoms with Crippen LogP contribution in [0.2, 0.25) is 0 Å². The van der Waals surface area contributed by atoms with Crippen molar-refractivity contribution in [3.63, 3.8) is 0 Å². The topological polar surface area (TPSA) is 94.3 Å². The van der Waals surface area contributed by atoms with E-state index in [2.05, 4.69) is 15.6 Å². The van der Waals surface area contributed by atoms with E-state index in [4.69, 9.17) is 9.52 Å². The van der Waals surface area contributed by atoms with Crippen molar-refractivity contribution in [1.82, 2.24) is 9.55 Å². The summed E-state index contributed by atoms with van der Waals surface area (Å²) in [5.41, 5.74) is 2.98. The number of para-hydroxylation sites is 1. The molecule has 2 aromatic heterocycles. The van der Waals surface area contributed by atoms with Crippen molar-refractivity contribution < 1.29 is 14.4 Å². The fourth-order valence-corrected chi connectivity index (χ4v) is 3.49. The summed E-state index contributed by atoms with van der Waals surface area (Å²) in [6.45, 7) is 1.12. The van der Waals surface area contributed by atoms with Crippen molar-refractivity contribution >= 4 is 27.7 Å². The summed E-state index contributed by atoms with van der Waals surface area (Å²) in [6, 6.07) is 12.5. The number of aliphatic hydroxyl groups excluding tert-OH is 1. The standard InChI is InChI=1S/C21H21N3O4/c25-12-6-2-1-5-11-23-14-17(16-7-3-4-8-19(16)23)21-22-18-10-9-15(24(26)27)13-20(18)28-21/h3-4,7-10,13-14,25H,1-2,5-6,11-12H2. The number of non-ortho nitro benzene ring substituents is 1. The van der Waals surface area contributed by atoms with Crippen molar-refractivity contribution in [2.45, 2.75) is 32.2 Å². The Kier molecular flexibility index (Phi) is 5.08. The van der Waals surface area contributed by atoms with Crippen molar-refractivity contribution in [1.29, 1.82) is 0 Å². The van der Waals surface area contributed by atoms with E-state index < -0.39 is 4.92 Å². The average molecular weight is 379 g/mol. The molecule has 7 nitrogen and oxygen atoms in total. The van der Waals surface area contributed by atoms with Crippen molar-refractivity contribution in [2.75, 3.05) is 6.61 Å². The van der Waals surface area contributed by atoms with E-state index in [1.807, 2.05) is 24.4 Å². The van der Waals surface area contributed by atoms with Gasteiger partial charge in [-0.3, -0.25) is 10.1 Å². The molecular weight excluding hydrogens is 358 g/mol. The second-order valence-electron chi connectivity index (χ2n) is 6.82. The number of unbranched alkanes of at least 4 members (excludes halogenated alkanes) is 3. The summed E-state index contributed by atoms with van der Waals surface area (Å²) >= 11 is 0. The van der Waals surface area contributed by atoms with Gasteiger partial charge in [-0.25, -0.2) is 4.98 Å². The monoisotopic (exact) mass is 379 g/mol. The van der Waals surface area contributed by atoms with E-state index >= 15 is 0 Å². The molecular formula is C21H21N3O4. The number of hydrogen-bond donors (Lipinski definition) is 1. The van der Waals surface area contributed by atoms with Gasteiger partial charge in [0.25, 0.3) is 5.69 Å². The molecule has 28 heavy (non-hydrogen) atoms. The third-order valence-corrected chi connectivity index (χ3v) is 4.91. The Morgan fingerprint density at radius 1 is 1.11 bits per heavy atom. The number of benzene rings is 2. The minimum atomic E-state index is -0.440. The third-order valence-electron chi connectivity index (χ3n) is 4.91. The molecule has 0 spiro atoms. The smallest absolute Gasteiger partial charge is 0.273 e. The Balaban J connectivity index is 1.68. The number of hydrogen-bond acceptors (Lipinski definition) is 5. The van der Waals surface area contributed by atoms with Crippen LogP contribution in [-0.4, -0.2) is 26.2 Å². The SMILES string of the molecule is O=[N+]([O-])c1ccc2nc(-c3cn(CCCCCCO)c4ccccc34)oc2c1. The number of oxazole rings is 1. The van der Waals surface area contributed by atoms with E-state index in [1.165, 1.54) is 12.1 Å². The largest absolute Gasteiger partial charge is 0.436 e. The third kappa shape index (κ3) is 3.48. The summed E-state index contributed by atoms with van der Waals surface area (Å²) in [5, 5.41) is 20.9. The second kappa shape index (κ2) is 7.82. The minimum Gasteiger partial charge on any atom is -0.436 e. The highest BCUT2D eigenvalue weighted by Crippen LogP contribution is 2.33. The Hall–Kier alpha value is -3.19. The van der Waals surface area contributed by atoms with Gasteiger partial charge in [0.2, 0.25) is 5.89 Å². The zero-order valence-electron chi connectivity index (χ0n) is 15.4. The van der Waals surface area contributed by atoms with Gasteiger partial charge in [0.05, 0.1) is 16.6 Å². The fraction of sp³-hybridized carbons (Fsp3) is 0.286. The number of aryl methyl sites for hydroxylation is 1. The molecule has 0 atom stereocenters. The van der Waals surface area contributed by atoms with E-state index in [9.17, 15) is 10.1 Å². The zero-order chi connectivity index (χ0) is 19.5. The quantitative estimate of drug-likeness (QED) is 0.267. The van der Waals surface area contributed by atoms with Crippen molar-refractivity contribution in [3.05, 3.63) is 58.8 Å². The maximum Gasteiger partial charge on any atom is 0.273 e. The molecule has 4 aromatic rings. The van der Waals surface area contributed by atoms with E-state index in [0.29, 0.717) is 17.0 Å². The highest BCUT2D eigenvalue weighted by molar-refractivity contribution is 5.95. The Morgan fingerprint density at radius 2 is 1.93 bits per heavy atom. The number of fused-ring (bicyclic) bond motifs is 2. The summed E-state index contributed by atoms with van der Waals surface area (Å²) in [5.74, 6) is 0.464. The normalized spacial score (nSPS) is 11.5. The van der Waals surface area contributed by atoms with E-state index in [0.717, 1.165) is 48.7 Å². The van der Waals surface area contributed by atoms with Gasteiger partial charge in [-0.2, -0.15) is 0 Å². The summed E-state index contributed by atoms with van der Waals surface area (Å²) in [4.78, 5) is 15.1. The molecule has 0 aliphatic rings. The first-order chi connectivity index (χ1) is 13.7. The molecule has 0 radical (unpaired) electrons. The Bertz CT molecular complexity index is 1130. The van der Waals surface area contributed by atoms with Crippen LogP contribution in [-0.2, 0) is 6.54 Å². The lowest BCUT2D eigenvalue weighted by Crippen LogP contribution is -1.96. The van der Waals surface area contributed by atoms with Gasteiger partial charge >= 0.3 is 0 Å². The molecule has 2 heterocycles. The lowest BCUT2D eigenvalue weighted by Gasteiger charge is -2.04. The van der Waals surface area contributed by atoms with Crippen LogP contribution >= 0.6 is 0 Å². The maximum atomic E-state index is 11.0. The first-order valence-electron chi connectivity index (χ1n) is 9.41. The number of nitrogens with zero attached hydrogens (tertiary/aromatic N) is 3. The number of nitro benzene ring substituents is 1. The molecule has 4 rings (SSSR count). The van der Waals surface area contributed by atoms with Crippen molar-refractivity contribution in [2.24, 2.45) is 0 Å². The molecule has 0 saturated carbocycles. The summed E-state index contributed by atoms with van der Waals surface area (Å²) < 4.78 is 8.06. The van der Waals surface area contributed by atoms with Crippen LogP contribution in [0.1, 0.15) is 25.7 Å². The number of rotatable bonds is 8. The van der Waals surface area contributed by atoms with E-state index in [-0.39, 0.29) is 12.3 Å². The van der Waals surface area contributed by atoms with Crippen LogP contribution in [0.3, 0.4) is 0 Å². The lowest BCUT2D eigenvalue weighted by atomic mass is 10.2. The van der Waals surface area contributed by atoms with Gasteiger partial charge in [-0.15, -0.1) is 0 Å². The zero-order valence-corrected chi connectivity index (χ0v) is 15.4. The van der Waals surface area contributed by atoms with Crippen LogP contribution < -0.4 is 0 Å². The fourth-order valence-electron chi connectivity index (χ4n) is 3.49. The van der Waals surface area contributed by atoms with Gasteiger partial charge in [-0.05, 0) is 25.0 Å².